The summed E-state index contributed by atoms with van der Waals surface area (Å²) in [5.74, 6) is 12.0. The van der Waals surface area contributed by atoms with Gasteiger partial charge in [0.1, 0.15) is 0 Å². The maximum Gasteiger partial charge on any atom is 0.496 e. The van der Waals surface area contributed by atoms with Crippen LogP contribution < -0.4 is 27.6 Å². The van der Waals surface area contributed by atoms with Crippen LogP contribution in [0.5, 0.6) is 0 Å². The smallest absolute Gasteiger partial charge is 0.399 e. The standard InChI is InChI=1S/C18H25BN6O2/c1-17(2)18(3,4)27-19(26-17)13-10-14(12-22-11-13)23-16(24-20)25(21)15-8-6-5-7-9-15/h5-12H,20-21H2,1-4H3,(H,23,24). The highest BCUT2D eigenvalue weighted by Gasteiger charge is 2.51. The third-order valence-electron chi connectivity index (χ3n) is 4.90. The number of nitrogens with zero attached hydrogens (tertiary/aromatic N) is 3. The van der Waals surface area contributed by atoms with E-state index in [1.165, 1.54) is 5.01 Å². The van der Waals surface area contributed by atoms with E-state index in [9.17, 15) is 0 Å². The number of para-hydroxylation sites is 1. The van der Waals surface area contributed by atoms with Crippen molar-refractivity contribution in [2.45, 2.75) is 38.9 Å². The minimum absolute atomic E-state index is 0.272. The first-order chi connectivity index (χ1) is 12.7. The van der Waals surface area contributed by atoms with Gasteiger partial charge in [-0.3, -0.25) is 10.4 Å². The molecule has 2 aromatic rings. The SMILES string of the molecule is CC1(C)OB(c2cncc(N=C(NN)N(N)c3ccccc3)c2)OC1(C)C. The van der Waals surface area contributed by atoms with Gasteiger partial charge >= 0.3 is 7.12 Å². The van der Waals surface area contributed by atoms with Gasteiger partial charge in [-0.25, -0.2) is 21.7 Å². The minimum Gasteiger partial charge on any atom is -0.399 e. The Morgan fingerprint density at radius 1 is 1.11 bits per heavy atom. The average Bonchev–Trinajstić information content (AvgIpc) is 2.87. The van der Waals surface area contributed by atoms with E-state index < -0.39 is 18.3 Å². The second-order valence-electron chi connectivity index (χ2n) is 7.35. The van der Waals surface area contributed by atoms with E-state index in [1.807, 2.05) is 64.1 Å². The molecule has 0 spiro atoms. The van der Waals surface area contributed by atoms with Crippen molar-refractivity contribution in [3.8, 4) is 0 Å². The zero-order valence-corrected chi connectivity index (χ0v) is 16.0. The second kappa shape index (κ2) is 7.28. The quantitative estimate of drug-likeness (QED) is 0.246. The van der Waals surface area contributed by atoms with E-state index in [2.05, 4.69) is 15.4 Å². The van der Waals surface area contributed by atoms with Gasteiger partial charge in [0.05, 0.1) is 28.8 Å². The molecule has 1 aliphatic rings. The van der Waals surface area contributed by atoms with E-state index in [0.717, 1.165) is 11.2 Å². The Balaban J connectivity index is 1.86. The van der Waals surface area contributed by atoms with E-state index in [1.54, 1.807) is 12.4 Å². The fourth-order valence-electron chi connectivity index (χ4n) is 2.60. The molecule has 1 saturated heterocycles. The lowest BCUT2D eigenvalue weighted by atomic mass is 9.80. The third kappa shape index (κ3) is 3.96. The molecule has 0 unspecified atom stereocenters. The predicted molar refractivity (Wildman–Crippen MR) is 107 cm³/mol. The lowest BCUT2D eigenvalue weighted by Crippen LogP contribution is -2.48. The first-order valence-electron chi connectivity index (χ1n) is 8.69. The summed E-state index contributed by atoms with van der Waals surface area (Å²) in [6, 6.07) is 11.2. The number of aromatic nitrogens is 1. The highest BCUT2D eigenvalue weighted by Crippen LogP contribution is 2.36. The van der Waals surface area contributed by atoms with Crippen molar-refractivity contribution in [2.75, 3.05) is 5.01 Å². The number of hydrogen-bond acceptors (Lipinski definition) is 6. The summed E-state index contributed by atoms with van der Waals surface area (Å²) in [7, 11) is -0.518. The number of rotatable bonds is 3. The number of aliphatic imine (C=N–C) groups is 1. The average molecular weight is 368 g/mol. The first-order valence-corrected chi connectivity index (χ1v) is 8.69. The van der Waals surface area contributed by atoms with Crippen LogP contribution in [-0.2, 0) is 9.31 Å². The number of pyridine rings is 1. The van der Waals surface area contributed by atoms with Crippen molar-refractivity contribution in [1.82, 2.24) is 10.4 Å². The summed E-state index contributed by atoms with van der Waals surface area (Å²) in [5.41, 5.74) is 3.75. The molecule has 5 N–H and O–H groups in total. The van der Waals surface area contributed by atoms with Crippen molar-refractivity contribution in [3.05, 3.63) is 48.8 Å². The molecule has 1 aliphatic heterocycles. The molecule has 1 aromatic carbocycles. The molecule has 8 nitrogen and oxygen atoms in total. The number of nitrogens with one attached hydrogen (secondary N) is 1. The molecule has 142 valence electrons. The van der Waals surface area contributed by atoms with Crippen LogP contribution in [0.3, 0.4) is 0 Å². The van der Waals surface area contributed by atoms with Crippen molar-refractivity contribution in [1.29, 1.82) is 0 Å². The molecule has 1 aromatic heterocycles. The van der Waals surface area contributed by atoms with Gasteiger partial charge in [0, 0.05) is 11.7 Å². The van der Waals surface area contributed by atoms with Crippen LogP contribution in [0.15, 0.2) is 53.8 Å². The predicted octanol–water partition coefficient (Wildman–Crippen LogP) is 1.21. The lowest BCUT2D eigenvalue weighted by Gasteiger charge is -2.32. The molecule has 9 heteroatoms. The van der Waals surface area contributed by atoms with Crippen LogP contribution in [0.25, 0.3) is 0 Å². The number of hydrazine groups is 2. The fraction of sp³-hybridized carbons (Fsp3) is 0.333. The van der Waals surface area contributed by atoms with Crippen molar-refractivity contribution >= 4 is 29.9 Å². The summed E-state index contributed by atoms with van der Waals surface area (Å²) in [4.78, 5) is 8.72. The largest absolute Gasteiger partial charge is 0.496 e. The molecular weight excluding hydrogens is 343 g/mol. The number of guanidine groups is 1. The van der Waals surface area contributed by atoms with Crippen LogP contribution in [0.4, 0.5) is 11.4 Å². The van der Waals surface area contributed by atoms with Gasteiger partial charge in [-0.2, -0.15) is 0 Å². The van der Waals surface area contributed by atoms with Gasteiger partial charge in [0.15, 0.2) is 0 Å². The summed E-state index contributed by atoms with van der Waals surface area (Å²) in [6.07, 6.45) is 3.32. The van der Waals surface area contributed by atoms with Gasteiger partial charge < -0.3 is 9.31 Å². The second-order valence-corrected chi connectivity index (χ2v) is 7.35. The Bertz CT molecular complexity index is 812. The maximum atomic E-state index is 6.12. The molecule has 3 rings (SSSR count). The van der Waals surface area contributed by atoms with Gasteiger partial charge in [-0.1, -0.05) is 18.2 Å². The number of nitrogens with two attached hydrogens (primary N) is 2. The Hall–Kier alpha value is -2.46. The van der Waals surface area contributed by atoms with Crippen LogP contribution in [0, 0.1) is 0 Å². The molecule has 0 aliphatic carbocycles. The van der Waals surface area contributed by atoms with E-state index in [-0.39, 0.29) is 5.96 Å². The minimum atomic E-state index is -0.518. The van der Waals surface area contributed by atoms with Crippen LogP contribution >= 0.6 is 0 Å². The van der Waals surface area contributed by atoms with Gasteiger partial charge in [0.2, 0.25) is 5.96 Å². The van der Waals surface area contributed by atoms with E-state index in [0.29, 0.717) is 5.69 Å². The summed E-state index contributed by atoms with van der Waals surface area (Å²) < 4.78 is 12.1. The maximum absolute atomic E-state index is 6.12. The van der Waals surface area contributed by atoms with Crippen molar-refractivity contribution < 1.29 is 9.31 Å². The molecule has 2 heterocycles. The molecule has 1 fully saturated rings. The number of benzene rings is 1. The lowest BCUT2D eigenvalue weighted by molar-refractivity contribution is 0.00578. The van der Waals surface area contributed by atoms with Gasteiger partial charge in [-0.15, -0.1) is 0 Å². The first kappa shape index (κ1) is 19.3. The molecule has 0 saturated carbocycles. The highest BCUT2D eigenvalue weighted by molar-refractivity contribution is 6.62. The zero-order chi connectivity index (χ0) is 19.7. The molecule has 0 atom stereocenters. The van der Waals surface area contributed by atoms with E-state index in [4.69, 9.17) is 21.0 Å². The molecule has 0 bridgehead atoms. The summed E-state index contributed by atoms with van der Waals surface area (Å²) in [5, 5.41) is 1.36. The Labute approximate surface area is 159 Å². The molecular formula is C18H25BN6O2. The van der Waals surface area contributed by atoms with Gasteiger partial charge in [-0.05, 0) is 45.9 Å². The third-order valence-corrected chi connectivity index (χ3v) is 4.90. The van der Waals surface area contributed by atoms with Crippen molar-refractivity contribution in [2.24, 2.45) is 16.7 Å². The Morgan fingerprint density at radius 3 is 2.33 bits per heavy atom. The number of hydrogen-bond donors (Lipinski definition) is 3. The topological polar surface area (TPSA) is 111 Å². The van der Waals surface area contributed by atoms with Crippen LogP contribution in [0.2, 0.25) is 0 Å². The zero-order valence-electron chi connectivity index (χ0n) is 16.0. The summed E-state index contributed by atoms with van der Waals surface area (Å²) >= 11 is 0. The fourth-order valence-corrected chi connectivity index (χ4v) is 2.60. The normalized spacial score (nSPS) is 18.4. The van der Waals surface area contributed by atoms with E-state index >= 15 is 0 Å². The molecule has 0 radical (unpaired) electrons. The summed E-state index contributed by atoms with van der Waals surface area (Å²) in [6.45, 7) is 8.02. The molecule has 0 amide bonds. The highest BCUT2D eigenvalue weighted by atomic mass is 16.7. The van der Waals surface area contributed by atoms with Crippen LogP contribution in [0.1, 0.15) is 27.7 Å². The van der Waals surface area contributed by atoms with Crippen molar-refractivity contribution in [3.63, 3.8) is 0 Å². The van der Waals surface area contributed by atoms with Crippen LogP contribution in [-0.4, -0.2) is 29.3 Å². The monoisotopic (exact) mass is 368 g/mol. The Morgan fingerprint density at radius 2 is 1.74 bits per heavy atom. The number of anilines is 1. The Kier molecular flexibility index (Phi) is 5.21. The molecule has 27 heavy (non-hydrogen) atoms. The van der Waals surface area contributed by atoms with Gasteiger partial charge in [0.25, 0.3) is 0 Å².